The summed E-state index contributed by atoms with van der Waals surface area (Å²) in [4.78, 5) is 12.3. The Bertz CT molecular complexity index is 1130. The molecule has 0 aliphatic heterocycles. The average molecular weight is 377 g/mol. The molecule has 2 aromatic carbocycles. The van der Waals surface area contributed by atoms with Gasteiger partial charge in [0, 0.05) is 18.0 Å². The molecule has 1 N–H and O–H groups in total. The first-order valence-corrected chi connectivity index (χ1v) is 9.06. The quantitative estimate of drug-likeness (QED) is 0.556. The van der Waals surface area contributed by atoms with Gasteiger partial charge in [0.05, 0.1) is 36.7 Å². The summed E-state index contributed by atoms with van der Waals surface area (Å²) in [6.45, 7) is 2.97. The second-order valence-corrected chi connectivity index (χ2v) is 6.78. The fourth-order valence-corrected chi connectivity index (χ4v) is 3.13. The van der Waals surface area contributed by atoms with Crippen LogP contribution in [0.15, 0.2) is 61.1 Å². The molecule has 0 atom stereocenters. The summed E-state index contributed by atoms with van der Waals surface area (Å²) >= 11 is 0. The lowest BCUT2D eigenvalue weighted by molar-refractivity contribution is -0.116. The zero-order valence-corrected chi connectivity index (χ0v) is 15.5. The predicted molar refractivity (Wildman–Crippen MR) is 105 cm³/mol. The summed E-state index contributed by atoms with van der Waals surface area (Å²) in [5.41, 5.74) is 3.60. The van der Waals surface area contributed by atoms with E-state index in [-0.39, 0.29) is 11.7 Å². The highest BCUT2D eigenvalue weighted by Gasteiger charge is 2.08. The molecule has 0 radical (unpaired) electrons. The molecule has 4 aromatic rings. The van der Waals surface area contributed by atoms with Crippen LogP contribution in [0.2, 0.25) is 0 Å². The lowest BCUT2D eigenvalue weighted by Crippen LogP contribution is -2.14. The topological polar surface area (TPSA) is 64.7 Å². The molecule has 0 aliphatic rings. The van der Waals surface area contributed by atoms with Crippen LogP contribution in [0, 0.1) is 12.7 Å². The number of fused-ring (bicyclic) bond motifs is 1. The first kappa shape index (κ1) is 17.9. The minimum Gasteiger partial charge on any atom is -0.323 e. The van der Waals surface area contributed by atoms with E-state index in [4.69, 9.17) is 0 Å². The van der Waals surface area contributed by atoms with Gasteiger partial charge < -0.3 is 5.32 Å². The highest BCUT2D eigenvalue weighted by Crippen LogP contribution is 2.16. The number of aromatic nitrogens is 4. The van der Waals surface area contributed by atoms with Gasteiger partial charge in [0.25, 0.3) is 0 Å². The van der Waals surface area contributed by atoms with Gasteiger partial charge in [-0.3, -0.25) is 14.2 Å². The lowest BCUT2D eigenvalue weighted by atomic mass is 10.2. The van der Waals surface area contributed by atoms with Gasteiger partial charge in [0.1, 0.15) is 5.82 Å². The highest BCUT2D eigenvalue weighted by molar-refractivity contribution is 5.90. The van der Waals surface area contributed by atoms with Crippen molar-refractivity contribution >= 4 is 22.5 Å². The maximum atomic E-state index is 13.3. The standard InChI is InChI=1S/C21H20FN5O/c1-15-5-6-17-11-24-27(20(17)9-15)8-7-21(28)25-19-12-23-26(14-19)13-16-3-2-4-18(22)10-16/h2-6,9-12,14H,7-8,13H2,1H3,(H,25,28). The third kappa shape index (κ3) is 4.09. The number of rotatable bonds is 6. The fraction of sp³-hybridized carbons (Fsp3) is 0.190. The Kier molecular flexibility index (Phi) is 4.89. The largest absolute Gasteiger partial charge is 0.323 e. The van der Waals surface area contributed by atoms with Crippen LogP contribution < -0.4 is 5.32 Å². The van der Waals surface area contributed by atoms with Crippen molar-refractivity contribution in [3.8, 4) is 0 Å². The molecule has 4 rings (SSSR count). The van der Waals surface area contributed by atoms with Crippen molar-refractivity contribution in [3.63, 3.8) is 0 Å². The molecule has 0 bridgehead atoms. The van der Waals surface area contributed by atoms with Crippen molar-refractivity contribution in [1.29, 1.82) is 0 Å². The molecule has 0 saturated heterocycles. The summed E-state index contributed by atoms with van der Waals surface area (Å²) in [7, 11) is 0. The molecular formula is C21H20FN5O. The number of hydrogen-bond acceptors (Lipinski definition) is 3. The van der Waals surface area contributed by atoms with Crippen molar-refractivity contribution in [3.05, 3.63) is 78.0 Å². The minimum atomic E-state index is -0.278. The molecule has 0 aliphatic carbocycles. The lowest BCUT2D eigenvalue weighted by Gasteiger charge is -2.05. The zero-order chi connectivity index (χ0) is 19.5. The van der Waals surface area contributed by atoms with E-state index < -0.39 is 0 Å². The Labute approximate surface area is 161 Å². The Morgan fingerprint density at radius 1 is 1.14 bits per heavy atom. The van der Waals surface area contributed by atoms with Gasteiger partial charge >= 0.3 is 0 Å². The monoisotopic (exact) mass is 377 g/mol. The number of amides is 1. The number of carbonyl (C=O) groups excluding carboxylic acids is 1. The Morgan fingerprint density at radius 2 is 2.04 bits per heavy atom. The van der Waals surface area contributed by atoms with Crippen molar-refractivity contribution in [2.45, 2.75) is 26.4 Å². The van der Waals surface area contributed by atoms with Gasteiger partial charge in [-0.15, -0.1) is 0 Å². The van der Waals surface area contributed by atoms with E-state index in [2.05, 4.69) is 21.6 Å². The van der Waals surface area contributed by atoms with E-state index >= 15 is 0 Å². The van der Waals surface area contributed by atoms with E-state index in [1.54, 1.807) is 23.1 Å². The van der Waals surface area contributed by atoms with Gasteiger partial charge in [0.2, 0.25) is 5.91 Å². The van der Waals surface area contributed by atoms with Crippen LogP contribution in [0.3, 0.4) is 0 Å². The Hall–Kier alpha value is -3.48. The summed E-state index contributed by atoms with van der Waals surface area (Å²) in [5, 5.41) is 12.5. The van der Waals surface area contributed by atoms with Crippen LogP contribution in [0.5, 0.6) is 0 Å². The van der Waals surface area contributed by atoms with Crippen LogP contribution in [0.4, 0.5) is 10.1 Å². The van der Waals surface area contributed by atoms with Gasteiger partial charge in [-0.2, -0.15) is 10.2 Å². The summed E-state index contributed by atoms with van der Waals surface area (Å²) in [6, 6.07) is 12.5. The molecule has 6 nitrogen and oxygen atoms in total. The second kappa shape index (κ2) is 7.64. The molecule has 1 amide bonds. The van der Waals surface area contributed by atoms with Crippen LogP contribution in [-0.2, 0) is 17.9 Å². The molecule has 2 aromatic heterocycles. The predicted octanol–water partition coefficient (Wildman–Crippen LogP) is 3.76. The van der Waals surface area contributed by atoms with E-state index in [1.165, 1.54) is 12.1 Å². The molecule has 0 spiro atoms. The van der Waals surface area contributed by atoms with Crippen LogP contribution in [0.25, 0.3) is 10.9 Å². The van der Waals surface area contributed by atoms with Crippen molar-refractivity contribution < 1.29 is 9.18 Å². The number of hydrogen-bond donors (Lipinski definition) is 1. The van der Waals surface area contributed by atoms with E-state index in [0.717, 1.165) is 22.0 Å². The van der Waals surface area contributed by atoms with Gasteiger partial charge in [-0.05, 0) is 36.2 Å². The molecule has 2 heterocycles. The van der Waals surface area contributed by atoms with Crippen LogP contribution in [0.1, 0.15) is 17.5 Å². The van der Waals surface area contributed by atoms with Crippen molar-refractivity contribution in [2.24, 2.45) is 0 Å². The number of nitrogens with zero attached hydrogens (tertiary/aromatic N) is 4. The molecule has 7 heteroatoms. The van der Waals surface area contributed by atoms with Crippen molar-refractivity contribution in [2.75, 3.05) is 5.32 Å². The molecular weight excluding hydrogens is 357 g/mol. The Balaban J connectivity index is 1.35. The summed E-state index contributed by atoms with van der Waals surface area (Å²) < 4.78 is 16.8. The van der Waals surface area contributed by atoms with Crippen LogP contribution >= 0.6 is 0 Å². The number of carbonyl (C=O) groups is 1. The number of anilines is 1. The molecule has 0 fully saturated rings. The van der Waals surface area contributed by atoms with Gasteiger partial charge in [-0.25, -0.2) is 4.39 Å². The third-order valence-corrected chi connectivity index (χ3v) is 4.50. The highest BCUT2D eigenvalue weighted by atomic mass is 19.1. The van der Waals surface area contributed by atoms with Crippen LogP contribution in [-0.4, -0.2) is 25.5 Å². The first-order chi connectivity index (χ1) is 13.6. The van der Waals surface area contributed by atoms with E-state index in [9.17, 15) is 9.18 Å². The zero-order valence-electron chi connectivity index (χ0n) is 15.5. The molecule has 28 heavy (non-hydrogen) atoms. The number of aryl methyl sites for hydroxylation is 2. The first-order valence-electron chi connectivity index (χ1n) is 9.06. The Morgan fingerprint density at radius 3 is 2.89 bits per heavy atom. The third-order valence-electron chi connectivity index (χ3n) is 4.50. The summed E-state index contributed by atoms with van der Waals surface area (Å²) in [5.74, 6) is -0.388. The smallest absolute Gasteiger partial charge is 0.226 e. The van der Waals surface area contributed by atoms with Crippen molar-refractivity contribution in [1.82, 2.24) is 19.6 Å². The summed E-state index contributed by atoms with van der Waals surface area (Å²) in [6.07, 6.45) is 5.43. The minimum absolute atomic E-state index is 0.110. The number of benzene rings is 2. The van der Waals surface area contributed by atoms with Gasteiger partial charge in [0.15, 0.2) is 0 Å². The number of nitrogens with one attached hydrogen (secondary N) is 1. The van der Waals surface area contributed by atoms with E-state index in [1.807, 2.05) is 36.0 Å². The number of halogens is 1. The van der Waals surface area contributed by atoms with Gasteiger partial charge in [-0.1, -0.05) is 24.3 Å². The second-order valence-electron chi connectivity index (χ2n) is 6.78. The molecule has 0 saturated carbocycles. The molecule has 0 unspecified atom stereocenters. The normalized spacial score (nSPS) is 11.1. The SMILES string of the molecule is Cc1ccc2cnn(CCC(=O)Nc3cnn(Cc4cccc(F)c4)c3)c2c1. The average Bonchev–Trinajstić information content (AvgIpc) is 3.26. The molecule has 142 valence electrons. The fourth-order valence-electron chi connectivity index (χ4n) is 3.13. The van der Waals surface area contributed by atoms with E-state index in [0.29, 0.717) is 25.2 Å². The maximum Gasteiger partial charge on any atom is 0.226 e. The maximum absolute atomic E-state index is 13.3.